The van der Waals surface area contributed by atoms with Crippen molar-refractivity contribution in [1.29, 1.82) is 0 Å². The zero-order valence-electron chi connectivity index (χ0n) is 11.5. The number of carbonyl (C=O) groups is 2. The number of rotatable bonds is 4. The lowest BCUT2D eigenvalue weighted by Gasteiger charge is -2.39. The predicted octanol–water partition coefficient (Wildman–Crippen LogP) is -1.61. The van der Waals surface area contributed by atoms with Crippen LogP contribution in [0.1, 0.15) is 10.4 Å². The Balaban J connectivity index is 2.23. The van der Waals surface area contributed by atoms with E-state index in [2.05, 4.69) is 5.32 Å². The number of benzene rings is 1. The second-order valence-corrected chi connectivity index (χ2v) is 4.97. The van der Waals surface area contributed by atoms with E-state index in [1.807, 2.05) is 0 Å². The van der Waals surface area contributed by atoms with Crippen molar-refractivity contribution in [2.45, 2.75) is 30.6 Å². The number of aliphatic hydroxyl groups excluding tert-OH is 3. The van der Waals surface area contributed by atoms with Crippen LogP contribution in [-0.2, 0) is 9.53 Å². The molecule has 1 aliphatic heterocycles. The van der Waals surface area contributed by atoms with Crippen LogP contribution in [0.5, 0.6) is 5.75 Å². The molecule has 0 aliphatic carbocycles. The molecule has 23 heavy (non-hydrogen) atoms. The SMILES string of the molecule is O=C(O)c1cc(N[C@@H]2O[C@H](C(=O)O)[C@@H](O)[C@H](O)[C@H]2O)ccc1O. The Morgan fingerprint density at radius 1 is 1.04 bits per heavy atom. The van der Waals surface area contributed by atoms with E-state index in [4.69, 9.17) is 14.9 Å². The van der Waals surface area contributed by atoms with Crippen LogP contribution in [0.25, 0.3) is 0 Å². The summed E-state index contributed by atoms with van der Waals surface area (Å²) in [7, 11) is 0. The summed E-state index contributed by atoms with van der Waals surface area (Å²) in [6.45, 7) is 0. The van der Waals surface area contributed by atoms with Crippen LogP contribution in [0.4, 0.5) is 5.69 Å². The minimum atomic E-state index is -1.82. The number of carboxylic acid groups (broad SMARTS) is 2. The smallest absolute Gasteiger partial charge is 0.339 e. The van der Waals surface area contributed by atoms with Gasteiger partial charge in [-0.05, 0) is 18.2 Å². The lowest BCUT2D eigenvalue weighted by Crippen LogP contribution is -2.61. The molecular formula is C13H15NO9. The number of aromatic hydroxyl groups is 1. The van der Waals surface area contributed by atoms with Gasteiger partial charge in [-0.2, -0.15) is 0 Å². The zero-order chi connectivity index (χ0) is 17.3. The summed E-state index contributed by atoms with van der Waals surface area (Å²) in [4.78, 5) is 21.9. The highest BCUT2D eigenvalue weighted by Gasteiger charge is 2.46. The molecule has 0 saturated carbocycles. The molecule has 1 aromatic carbocycles. The van der Waals surface area contributed by atoms with E-state index in [9.17, 15) is 30.0 Å². The molecule has 0 radical (unpaired) electrons. The average molecular weight is 329 g/mol. The topological polar surface area (TPSA) is 177 Å². The molecule has 0 aromatic heterocycles. The minimum Gasteiger partial charge on any atom is -0.507 e. The summed E-state index contributed by atoms with van der Waals surface area (Å²) >= 11 is 0. The molecule has 0 amide bonds. The van der Waals surface area contributed by atoms with Crippen molar-refractivity contribution in [1.82, 2.24) is 0 Å². The standard InChI is InChI=1S/C13H15NO9/c15-6-2-1-4(3-5(6)12(19)20)14-11-9(18)7(16)8(17)10(23-11)13(21)22/h1-3,7-11,14-18H,(H,19,20)(H,21,22)/t7-,8-,9+,10-,11+/m0/s1. The fraction of sp³-hybridized carbons (Fsp3) is 0.385. The number of hydrogen-bond acceptors (Lipinski definition) is 8. The van der Waals surface area contributed by atoms with E-state index in [-0.39, 0.29) is 5.69 Å². The van der Waals surface area contributed by atoms with Gasteiger partial charge in [0, 0.05) is 5.69 Å². The second-order valence-electron chi connectivity index (χ2n) is 4.97. The molecule has 10 nitrogen and oxygen atoms in total. The molecule has 10 heteroatoms. The molecule has 1 aromatic rings. The maximum absolute atomic E-state index is 11.0. The first-order valence-corrected chi connectivity index (χ1v) is 6.47. The van der Waals surface area contributed by atoms with Gasteiger partial charge in [-0.15, -0.1) is 0 Å². The molecule has 1 heterocycles. The Bertz CT molecular complexity index is 619. The van der Waals surface area contributed by atoms with Crippen LogP contribution in [0.2, 0.25) is 0 Å². The number of aromatic carboxylic acids is 1. The molecule has 7 N–H and O–H groups in total. The van der Waals surface area contributed by atoms with E-state index in [1.54, 1.807) is 0 Å². The molecule has 1 fully saturated rings. The Labute approximate surface area is 129 Å². The van der Waals surface area contributed by atoms with Gasteiger partial charge in [0.05, 0.1) is 0 Å². The Morgan fingerprint density at radius 3 is 2.26 bits per heavy atom. The van der Waals surface area contributed by atoms with Crippen molar-refractivity contribution in [3.8, 4) is 5.75 Å². The molecule has 1 aliphatic rings. The third kappa shape index (κ3) is 3.35. The third-order valence-corrected chi connectivity index (χ3v) is 3.39. The normalized spacial score (nSPS) is 30.7. The van der Waals surface area contributed by atoms with E-state index >= 15 is 0 Å². The van der Waals surface area contributed by atoms with Crippen LogP contribution in [0, 0.1) is 0 Å². The number of aliphatic hydroxyl groups is 3. The zero-order valence-corrected chi connectivity index (χ0v) is 11.5. The van der Waals surface area contributed by atoms with Gasteiger partial charge in [0.15, 0.2) is 12.3 Å². The number of hydrogen-bond donors (Lipinski definition) is 7. The number of carboxylic acids is 2. The highest BCUT2D eigenvalue weighted by atomic mass is 16.6. The van der Waals surface area contributed by atoms with Gasteiger partial charge in [0.25, 0.3) is 0 Å². The van der Waals surface area contributed by atoms with Crippen LogP contribution in [0.3, 0.4) is 0 Å². The van der Waals surface area contributed by atoms with Gasteiger partial charge in [0.2, 0.25) is 0 Å². The summed E-state index contributed by atoms with van der Waals surface area (Å²) in [5.41, 5.74) is -0.326. The van der Waals surface area contributed by atoms with Crippen LogP contribution >= 0.6 is 0 Å². The minimum absolute atomic E-state index is 0.0944. The predicted molar refractivity (Wildman–Crippen MR) is 73.0 cm³/mol. The Kier molecular flexibility index (Phi) is 4.71. The second kappa shape index (κ2) is 6.38. The fourth-order valence-electron chi connectivity index (χ4n) is 2.16. The summed E-state index contributed by atoms with van der Waals surface area (Å²) in [5, 5.41) is 58.9. The van der Waals surface area contributed by atoms with E-state index in [0.717, 1.165) is 12.1 Å². The number of aliphatic carboxylic acids is 1. The largest absolute Gasteiger partial charge is 0.507 e. The van der Waals surface area contributed by atoms with Crippen molar-refractivity contribution in [2.75, 3.05) is 5.32 Å². The highest BCUT2D eigenvalue weighted by Crippen LogP contribution is 2.26. The molecule has 126 valence electrons. The van der Waals surface area contributed by atoms with Crippen molar-refractivity contribution < 1.29 is 45.0 Å². The fourth-order valence-corrected chi connectivity index (χ4v) is 2.16. The van der Waals surface area contributed by atoms with Crippen molar-refractivity contribution in [3.05, 3.63) is 23.8 Å². The van der Waals surface area contributed by atoms with Gasteiger partial charge in [-0.3, -0.25) is 0 Å². The number of phenols is 1. The van der Waals surface area contributed by atoms with Gasteiger partial charge < -0.3 is 40.7 Å². The third-order valence-electron chi connectivity index (χ3n) is 3.39. The van der Waals surface area contributed by atoms with Gasteiger partial charge in [-0.25, -0.2) is 9.59 Å². The average Bonchev–Trinajstić information content (AvgIpc) is 2.49. The molecule has 0 unspecified atom stereocenters. The summed E-state index contributed by atoms with van der Waals surface area (Å²) < 4.78 is 5.00. The monoisotopic (exact) mass is 329 g/mol. The van der Waals surface area contributed by atoms with Crippen molar-refractivity contribution in [3.63, 3.8) is 0 Å². The van der Waals surface area contributed by atoms with E-state index < -0.39 is 53.9 Å². The maximum atomic E-state index is 11.0. The Morgan fingerprint density at radius 2 is 1.70 bits per heavy atom. The van der Waals surface area contributed by atoms with Crippen LogP contribution < -0.4 is 5.32 Å². The van der Waals surface area contributed by atoms with Gasteiger partial charge in [-0.1, -0.05) is 0 Å². The van der Waals surface area contributed by atoms with E-state index in [0.29, 0.717) is 0 Å². The van der Waals surface area contributed by atoms with Crippen LogP contribution in [-0.4, -0.2) is 73.2 Å². The van der Waals surface area contributed by atoms with Gasteiger partial charge >= 0.3 is 11.9 Å². The molecule has 2 rings (SSSR count). The number of nitrogens with one attached hydrogen (secondary N) is 1. The molecular weight excluding hydrogens is 314 g/mol. The first-order valence-electron chi connectivity index (χ1n) is 6.47. The Hall–Kier alpha value is -2.40. The first-order chi connectivity index (χ1) is 10.7. The lowest BCUT2D eigenvalue weighted by atomic mass is 9.98. The van der Waals surface area contributed by atoms with Crippen LogP contribution in [0.15, 0.2) is 18.2 Å². The van der Waals surface area contributed by atoms with Gasteiger partial charge in [0.1, 0.15) is 29.6 Å². The molecule has 0 bridgehead atoms. The first kappa shape index (κ1) is 17.0. The summed E-state index contributed by atoms with van der Waals surface area (Å²) in [6.07, 6.45) is -8.46. The van der Waals surface area contributed by atoms with Crippen molar-refractivity contribution in [2.24, 2.45) is 0 Å². The maximum Gasteiger partial charge on any atom is 0.339 e. The number of anilines is 1. The summed E-state index contributed by atoms with van der Waals surface area (Å²) in [6, 6.07) is 3.40. The number of ether oxygens (including phenoxy) is 1. The van der Waals surface area contributed by atoms with Crippen molar-refractivity contribution >= 4 is 17.6 Å². The lowest BCUT2D eigenvalue weighted by molar-refractivity contribution is -0.221. The molecule has 1 saturated heterocycles. The van der Waals surface area contributed by atoms with E-state index in [1.165, 1.54) is 6.07 Å². The molecule has 0 spiro atoms. The highest BCUT2D eigenvalue weighted by molar-refractivity contribution is 5.92. The summed E-state index contributed by atoms with van der Waals surface area (Å²) in [5.74, 6) is -3.41. The molecule has 5 atom stereocenters. The quantitative estimate of drug-likeness (QED) is 0.318.